The van der Waals surface area contributed by atoms with Crippen molar-refractivity contribution >= 4 is 36.3 Å². The molecule has 0 fully saturated rings. The predicted octanol–water partition coefficient (Wildman–Crippen LogP) is 1.73. The lowest BCUT2D eigenvalue weighted by Gasteiger charge is -2.15. The van der Waals surface area contributed by atoms with Crippen LogP contribution in [0.15, 0.2) is 0 Å². The Hall–Kier alpha value is -0.610. The molecule has 1 rings (SSSR count). The Balaban J connectivity index is 0. The molecule has 1 aromatic rings. The van der Waals surface area contributed by atoms with Crippen molar-refractivity contribution in [3.8, 4) is 0 Å². The Kier molecular flexibility index (Phi) is 5.38. The minimum absolute atomic E-state index is 0. The highest BCUT2D eigenvalue weighted by atomic mass is 35.5. The van der Waals surface area contributed by atoms with Crippen LogP contribution >= 0.6 is 24.8 Å². The number of nitrogens with zero attached hydrogens (tertiary/aromatic N) is 2. The molecule has 0 unspecified atom stereocenters. The Morgan fingerprint density at radius 1 is 1.14 bits per heavy atom. The van der Waals surface area contributed by atoms with Gasteiger partial charge in [0.1, 0.15) is 5.82 Å². The highest BCUT2D eigenvalue weighted by molar-refractivity contribution is 5.85. The monoisotopic (exact) mass is 240 g/mol. The molecule has 1 heterocycles. The van der Waals surface area contributed by atoms with Crippen molar-refractivity contribution in [2.24, 2.45) is 7.05 Å². The molecule has 4 nitrogen and oxygen atoms in total. The molecule has 0 saturated carbocycles. The number of aryl methyl sites for hydroxylation is 1. The van der Waals surface area contributed by atoms with Crippen LogP contribution in [0.5, 0.6) is 0 Å². The molecule has 84 valence electrons. The van der Waals surface area contributed by atoms with Crippen LogP contribution in [-0.4, -0.2) is 9.78 Å². The number of aromatic nitrogens is 2. The first-order valence-corrected chi connectivity index (χ1v) is 3.92. The summed E-state index contributed by atoms with van der Waals surface area (Å²) >= 11 is 0. The molecule has 0 bridgehead atoms. The summed E-state index contributed by atoms with van der Waals surface area (Å²) in [6.07, 6.45) is 0. The summed E-state index contributed by atoms with van der Waals surface area (Å²) in [5, 5.41) is 4.25. The summed E-state index contributed by atoms with van der Waals surface area (Å²) in [6, 6.07) is 0. The number of nitrogen functional groups attached to an aromatic ring is 2. The van der Waals surface area contributed by atoms with Gasteiger partial charge in [0.15, 0.2) is 0 Å². The van der Waals surface area contributed by atoms with Crippen molar-refractivity contribution in [3.05, 3.63) is 5.69 Å². The maximum atomic E-state index is 5.78. The number of anilines is 2. The van der Waals surface area contributed by atoms with E-state index in [2.05, 4.69) is 25.9 Å². The molecule has 4 N–H and O–H groups in total. The average Bonchev–Trinajstić information content (AvgIpc) is 2.15. The van der Waals surface area contributed by atoms with E-state index in [4.69, 9.17) is 11.5 Å². The smallest absolute Gasteiger partial charge is 0.145 e. The zero-order valence-corrected chi connectivity index (χ0v) is 10.5. The van der Waals surface area contributed by atoms with Gasteiger partial charge in [-0.2, -0.15) is 5.10 Å². The molecule has 0 aliphatic heterocycles. The van der Waals surface area contributed by atoms with E-state index in [1.807, 2.05) is 0 Å². The Labute approximate surface area is 96.8 Å². The fourth-order valence-electron chi connectivity index (χ4n) is 1.11. The second-order valence-electron chi connectivity index (χ2n) is 4.02. The molecule has 0 radical (unpaired) electrons. The van der Waals surface area contributed by atoms with Crippen molar-refractivity contribution in [1.82, 2.24) is 9.78 Å². The summed E-state index contributed by atoms with van der Waals surface area (Å²) in [4.78, 5) is 0. The third kappa shape index (κ3) is 2.69. The van der Waals surface area contributed by atoms with E-state index in [0.717, 1.165) is 5.69 Å². The molecule has 0 aromatic carbocycles. The second-order valence-corrected chi connectivity index (χ2v) is 4.02. The first kappa shape index (κ1) is 15.8. The summed E-state index contributed by atoms with van der Waals surface area (Å²) in [5.74, 6) is 0.542. The SMILES string of the molecule is Cl.Cl.Cn1nc(C(C)(C)C)c(N)c1N. The van der Waals surface area contributed by atoms with Crippen molar-refractivity contribution in [2.45, 2.75) is 26.2 Å². The minimum Gasteiger partial charge on any atom is -0.394 e. The molecule has 6 heteroatoms. The van der Waals surface area contributed by atoms with Crippen LogP contribution in [-0.2, 0) is 12.5 Å². The molecule has 0 aliphatic carbocycles. The maximum absolute atomic E-state index is 5.78. The van der Waals surface area contributed by atoms with E-state index in [1.165, 1.54) is 0 Å². The topological polar surface area (TPSA) is 69.9 Å². The van der Waals surface area contributed by atoms with E-state index >= 15 is 0 Å². The second kappa shape index (κ2) is 4.75. The molecular weight excluding hydrogens is 223 g/mol. The zero-order valence-electron chi connectivity index (χ0n) is 8.87. The van der Waals surface area contributed by atoms with Crippen LogP contribution in [0.3, 0.4) is 0 Å². The number of halogens is 2. The van der Waals surface area contributed by atoms with E-state index < -0.39 is 0 Å². The molecule has 0 aliphatic rings. The van der Waals surface area contributed by atoms with Gasteiger partial charge < -0.3 is 11.5 Å². The van der Waals surface area contributed by atoms with Crippen LogP contribution in [0.2, 0.25) is 0 Å². The summed E-state index contributed by atoms with van der Waals surface area (Å²) in [6.45, 7) is 6.18. The Morgan fingerprint density at radius 3 is 1.71 bits per heavy atom. The zero-order chi connectivity index (χ0) is 9.52. The number of hydrogen-bond donors (Lipinski definition) is 2. The quantitative estimate of drug-likeness (QED) is 0.726. The van der Waals surface area contributed by atoms with Crippen LogP contribution < -0.4 is 11.5 Å². The van der Waals surface area contributed by atoms with Crippen molar-refractivity contribution < 1.29 is 0 Å². The largest absolute Gasteiger partial charge is 0.394 e. The van der Waals surface area contributed by atoms with Crippen LogP contribution in [0.1, 0.15) is 26.5 Å². The van der Waals surface area contributed by atoms with Gasteiger partial charge in [-0.15, -0.1) is 24.8 Å². The lowest BCUT2D eigenvalue weighted by molar-refractivity contribution is 0.555. The fourth-order valence-corrected chi connectivity index (χ4v) is 1.11. The summed E-state index contributed by atoms with van der Waals surface area (Å²) < 4.78 is 1.61. The lowest BCUT2D eigenvalue weighted by Crippen LogP contribution is -2.14. The standard InChI is InChI=1S/C8H16N4.2ClH/c1-8(2,3)6-5(9)7(10)12(4)11-6;;/h9-10H2,1-4H3;2*1H. The molecule has 0 amide bonds. The van der Waals surface area contributed by atoms with Gasteiger partial charge in [0, 0.05) is 12.5 Å². The average molecular weight is 241 g/mol. The molecule has 0 atom stereocenters. The first-order valence-electron chi connectivity index (χ1n) is 3.92. The van der Waals surface area contributed by atoms with E-state index in [1.54, 1.807) is 11.7 Å². The normalized spacial score (nSPS) is 10.3. The Morgan fingerprint density at radius 2 is 1.57 bits per heavy atom. The third-order valence-corrected chi connectivity index (χ3v) is 1.84. The van der Waals surface area contributed by atoms with E-state index in [9.17, 15) is 0 Å². The van der Waals surface area contributed by atoms with E-state index in [0.29, 0.717) is 11.5 Å². The van der Waals surface area contributed by atoms with Crippen LogP contribution in [0.4, 0.5) is 11.5 Å². The van der Waals surface area contributed by atoms with Crippen molar-refractivity contribution in [2.75, 3.05) is 11.5 Å². The molecule has 14 heavy (non-hydrogen) atoms. The summed E-state index contributed by atoms with van der Waals surface area (Å²) in [5.41, 5.74) is 12.9. The highest BCUT2D eigenvalue weighted by Crippen LogP contribution is 2.29. The lowest BCUT2D eigenvalue weighted by atomic mass is 9.91. The highest BCUT2D eigenvalue weighted by Gasteiger charge is 2.22. The van der Waals surface area contributed by atoms with Crippen molar-refractivity contribution in [1.29, 1.82) is 0 Å². The fraction of sp³-hybridized carbons (Fsp3) is 0.625. The predicted molar refractivity (Wildman–Crippen MR) is 65.2 cm³/mol. The van der Waals surface area contributed by atoms with Gasteiger partial charge in [-0.05, 0) is 0 Å². The van der Waals surface area contributed by atoms with Gasteiger partial charge in [-0.25, -0.2) is 0 Å². The molecule has 1 aromatic heterocycles. The number of rotatable bonds is 0. The molecule has 0 saturated heterocycles. The molecule has 0 spiro atoms. The van der Waals surface area contributed by atoms with Gasteiger partial charge in [0.2, 0.25) is 0 Å². The van der Waals surface area contributed by atoms with Gasteiger partial charge in [0.05, 0.1) is 11.4 Å². The van der Waals surface area contributed by atoms with Gasteiger partial charge in [0.25, 0.3) is 0 Å². The molecular formula is C8H18Cl2N4. The minimum atomic E-state index is -0.0422. The van der Waals surface area contributed by atoms with Crippen LogP contribution in [0, 0.1) is 0 Å². The van der Waals surface area contributed by atoms with Gasteiger partial charge in [-0.3, -0.25) is 4.68 Å². The summed E-state index contributed by atoms with van der Waals surface area (Å²) in [7, 11) is 1.79. The van der Waals surface area contributed by atoms with Crippen molar-refractivity contribution in [3.63, 3.8) is 0 Å². The number of hydrogen-bond acceptors (Lipinski definition) is 3. The van der Waals surface area contributed by atoms with Crippen LogP contribution in [0.25, 0.3) is 0 Å². The first-order chi connectivity index (χ1) is 5.34. The Bertz CT molecular complexity index is 301. The maximum Gasteiger partial charge on any atom is 0.145 e. The van der Waals surface area contributed by atoms with Gasteiger partial charge in [-0.1, -0.05) is 20.8 Å². The van der Waals surface area contributed by atoms with Gasteiger partial charge >= 0.3 is 0 Å². The number of nitrogens with two attached hydrogens (primary N) is 2. The van der Waals surface area contributed by atoms with E-state index in [-0.39, 0.29) is 30.2 Å². The third-order valence-electron chi connectivity index (χ3n) is 1.84.